The van der Waals surface area contributed by atoms with E-state index < -0.39 is 123 Å². The summed E-state index contributed by atoms with van der Waals surface area (Å²) >= 11 is 0. The van der Waals surface area contributed by atoms with Gasteiger partial charge in [0.25, 0.3) is 0 Å². The molecule has 19 N–H and O–H groups in total. The van der Waals surface area contributed by atoms with Crippen molar-refractivity contribution in [1.29, 1.82) is 0 Å². The minimum atomic E-state index is -1.60. The van der Waals surface area contributed by atoms with Crippen molar-refractivity contribution in [3.63, 3.8) is 0 Å². The summed E-state index contributed by atoms with van der Waals surface area (Å²) in [5.74, 6) is 0. The fourth-order valence-corrected chi connectivity index (χ4v) is 5.74. The van der Waals surface area contributed by atoms with Gasteiger partial charge in [-0.1, -0.05) is 0 Å². The molecule has 1 saturated carbocycles. The Morgan fingerprint density at radius 2 is 0.976 bits per heavy atom. The number of nitrogens with two attached hydrogens (primary N) is 6. The summed E-state index contributed by atoms with van der Waals surface area (Å²) in [5, 5.41) is 73.0. The van der Waals surface area contributed by atoms with E-state index in [9.17, 15) is 35.7 Å². The molecule has 42 heavy (non-hydrogen) atoms. The van der Waals surface area contributed by atoms with Crippen LogP contribution in [-0.2, 0) is 28.4 Å². The molecule has 0 bridgehead atoms. The van der Waals surface area contributed by atoms with Gasteiger partial charge in [0, 0.05) is 25.2 Å². The van der Waals surface area contributed by atoms with Crippen LogP contribution in [0.15, 0.2) is 0 Å². The predicted molar refractivity (Wildman–Crippen MR) is 138 cm³/mol. The van der Waals surface area contributed by atoms with E-state index in [-0.39, 0.29) is 19.5 Å². The quantitative estimate of drug-likeness (QED) is 0.115. The average Bonchev–Trinajstić information content (AvgIpc) is 3.27. The lowest BCUT2D eigenvalue weighted by molar-refractivity contribution is -0.306. The van der Waals surface area contributed by atoms with Gasteiger partial charge in [-0.15, -0.1) is 0 Å². The minimum Gasteiger partial charge on any atom is -0.394 e. The van der Waals surface area contributed by atoms with E-state index in [1.807, 2.05) is 0 Å². The summed E-state index contributed by atoms with van der Waals surface area (Å²) in [6.45, 7) is -0.967. The van der Waals surface area contributed by atoms with Crippen LogP contribution in [-0.4, -0.2) is 172 Å². The first-order valence-corrected chi connectivity index (χ1v) is 13.9. The Bertz CT molecular complexity index is 868. The molecule has 4 rings (SSSR count). The third-order valence-electron chi connectivity index (χ3n) is 8.37. The largest absolute Gasteiger partial charge is 0.394 e. The number of hydrogen-bond donors (Lipinski definition) is 13. The van der Waals surface area contributed by atoms with Gasteiger partial charge < -0.3 is 98.6 Å². The van der Waals surface area contributed by atoms with E-state index in [0.29, 0.717) is 0 Å². The fourth-order valence-electron chi connectivity index (χ4n) is 5.74. The lowest BCUT2D eigenvalue weighted by Gasteiger charge is -2.47. The van der Waals surface area contributed by atoms with Gasteiger partial charge in [0.1, 0.15) is 67.1 Å². The Labute approximate surface area is 241 Å². The maximum atomic E-state index is 11.1. The monoisotopic (exact) mass is 614 g/mol. The van der Waals surface area contributed by atoms with Gasteiger partial charge in [0.15, 0.2) is 18.9 Å². The van der Waals surface area contributed by atoms with Crippen molar-refractivity contribution in [3.05, 3.63) is 0 Å². The van der Waals surface area contributed by atoms with Crippen LogP contribution < -0.4 is 34.4 Å². The van der Waals surface area contributed by atoms with Crippen LogP contribution in [0.2, 0.25) is 0 Å². The van der Waals surface area contributed by atoms with Crippen molar-refractivity contribution in [2.24, 2.45) is 34.4 Å². The fraction of sp³-hybridized carbons (Fsp3) is 1.00. The van der Waals surface area contributed by atoms with Crippen molar-refractivity contribution >= 4 is 0 Å². The molecule has 0 spiro atoms. The average molecular weight is 615 g/mol. The lowest BCUT2D eigenvalue weighted by Crippen LogP contribution is -2.68. The summed E-state index contributed by atoms with van der Waals surface area (Å²) in [5.41, 5.74) is 35.6. The van der Waals surface area contributed by atoms with Crippen molar-refractivity contribution in [1.82, 2.24) is 0 Å². The third kappa shape index (κ3) is 6.60. The SMILES string of the molecule is NC[C@@H]1O[C@H](O[C@@H]2[C@H](O)[C@H](O[C@H]3[C@H](O)[C@H](N)C[C@H](N)[C@H]3O[C@@H]3O[C@H](CN)[C@H](O)[C@H](O)[C@H]3N)O[C@@H]2CO)[C@@H](N)[C@H](O)[C@H]1O. The van der Waals surface area contributed by atoms with Gasteiger partial charge in [-0.3, -0.25) is 0 Å². The molecule has 0 aromatic rings. The number of aliphatic hydroxyl groups excluding tert-OH is 7. The van der Waals surface area contributed by atoms with Crippen molar-refractivity contribution < 1.29 is 64.2 Å². The van der Waals surface area contributed by atoms with Gasteiger partial charge in [0.2, 0.25) is 0 Å². The van der Waals surface area contributed by atoms with Crippen molar-refractivity contribution in [2.45, 2.75) is 123 Å². The lowest BCUT2D eigenvalue weighted by atomic mass is 9.84. The van der Waals surface area contributed by atoms with Crippen LogP contribution in [0, 0.1) is 0 Å². The summed E-state index contributed by atoms with van der Waals surface area (Å²) in [7, 11) is 0. The van der Waals surface area contributed by atoms with Gasteiger partial charge in [0.05, 0.1) is 24.8 Å². The molecule has 246 valence electrons. The molecule has 0 aromatic heterocycles. The van der Waals surface area contributed by atoms with E-state index in [1.54, 1.807) is 0 Å². The highest BCUT2D eigenvalue weighted by molar-refractivity contribution is 5.02. The first kappa shape index (κ1) is 34.1. The molecule has 0 radical (unpaired) electrons. The van der Waals surface area contributed by atoms with Crippen LogP contribution >= 0.6 is 0 Å². The summed E-state index contributed by atoms with van der Waals surface area (Å²) in [6, 6.07) is -4.18. The smallest absolute Gasteiger partial charge is 0.187 e. The Hall–Kier alpha value is -0.760. The van der Waals surface area contributed by atoms with Crippen LogP contribution in [0.5, 0.6) is 0 Å². The van der Waals surface area contributed by atoms with Crippen LogP contribution in [0.1, 0.15) is 6.42 Å². The number of aliphatic hydroxyl groups is 7. The second-order valence-electron chi connectivity index (χ2n) is 11.2. The summed E-state index contributed by atoms with van der Waals surface area (Å²) in [4.78, 5) is 0. The van der Waals surface area contributed by atoms with Crippen LogP contribution in [0.3, 0.4) is 0 Å². The van der Waals surface area contributed by atoms with Crippen LogP contribution in [0.25, 0.3) is 0 Å². The molecule has 0 unspecified atom stereocenters. The van der Waals surface area contributed by atoms with E-state index in [4.69, 9.17) is 62.8 Å². The maximum Gasteiger partial charge on any atom is 0.187 e. The maximum absolute atomic E-state index is 11.1. The molecular weight excluding hydrogens is 568 g/mol. The van der Waals surface area contributed by atoms with Crippen LogP contribution in [0.4, 0.5) is 0 Å². The topological polar surface area (TPSA) is 353 Å². The zero-order chi connectivity index (χ0) is 31.0. The molecule has 1 aliphatic carbocycles. The normalized spacial score (nSPS) is 53.8. The van der Waals surface area contributed by atoms with Crippen molar-refractivity contribution in [2.75, 3.05) is 19.7 Å². The Morgan fingerprint density at radius 3 is 1.45 bits per heavy atom. The molecule has 19 atom stereocenters. The van der Waals surface area contributed by atoms with E-state index >= 15 is 0 Å². The van der Waals surface area contributed by atoms with E-state index in [0.717, 1.165) is 0 Å². The highest BCUT2D eigenvalue weighted by Crippen LogP contribution is 2.34. The zero-order valence-corrected chi connectivity index (χ0v) is 22.8. The first-order valence-electron chi connectivity index (χ1n) is 13.9. The first-order chi connectivity index (χ1) is 19.8. The molecular formula is C23H46N6O13. The number of hydrogen-bond acceptors (Lipinski definition) is 19. The second-order valence-corrected chi connectivity index (χ2v) is 11.2. The molecule has 3 aliphatic heterocycles. The summed E-state index contributed by atoms with van der Waals surface area (Å²) in [6.07, 6.45) is -19.8. The highest BCUT2D eigenvalue weighted by atomic mass is 16.8. The molecule has 19 heteroatoms. The molecule has 4 fully saturated rings. The number of ether oxygens (including phenoxy) is 6. The molecule has 3 saturated heterocycles. The standard InChI is InChI=1S/C23H46N6O13/c24-2-7-13(32)15(34)10(28)21(37-7)40-18-6(27)1-5(26)12(31)20(18)42-23-17(36)19(9(4-30)39-23)41-22-11(29)16(35)14(33)8(3-25)38-22/h5-23,30-36H,1-4,24-29H2/t5-,6+,7-,8+,9-,10-,11+,12-,13+,14+,15-,16+,17+,18-,19+,20+,21+,22-,23+/m1/s1. The molecule has 4 aliphatic rings. The summed E-state index contributed by atoms with van der Waals surface area (Å²) < 4.78 is 34.6. The molecule has 19 nitrogen and oxygen atoms in total. The number of rotatable bonds is 9. The second kappa shape index (κ2) is 14.1. The van der Waals surface area contributed by atoms with Gasteiger partial charge >= 0.3 is 0 Å². The Morgan fingerprint density at radius 1 is 0.524 bits per heavy atom. The Kier molecular flexibility index (Phi) is 11.5. The molecule has 0 amide bonds. The van der Waals surface area contributed by atoms with Crippen molar-refractivity contribution in [3.8, 4) is 0 Å². The third-order valence-corrected chi connectivity index (χ3v) is 8.37. The highest BCUT2D eigenvalue weighted by Gasteiger charge is 2.54. The molecule has 0 aromatic carbocycles. The molecule has 3 heterocycles. The minimum absolute atomic E-state index is 0.0889. The van der Waals surface area contributed by atoms with Gasteiger partial charge in [-0.05, 0) is 6.42 Å². The van der Waals surface area contributed by atoms with E-state index in [1.165, 1.54) is 0 Å². The van der Waals surface area contributed by atoms with Gasteiger partial charge in [-0.2, -0.15) is 0 Å². The van der Waals surface area contributed by atoms with E-state index in [2.05, 4.69) is 0 Å². The van der Waals surface area contributed by atoms with Gasteiger partial charge in [-0.25, -0.2) is 0 Å². The predicted octanol–water partition coefficient (Wildman–Crippen LogP) is -8.90. The Balaban J connectivity index is 1.50. The zero-order valence-electron chi connectivity index (χ0n) is 22.8.